The van der Waals surface area contributed by atoms with E-state index in [2.05, 4.69) is 47.5 Å². The highest BCUT2D eigenvalue weighted by atomic mass is 16.5. The van der Waals surface area contributed by atoms with Gasteiger partial charge in [-0.2, -0.15) is 0 Å². The fourth-order valence-electron chi connectivity index (χ4n) is 2.65. The lowest BCUT2D eigenvalue weighted by atomic mass is 10.1. The zero-order valence-electron chi connectivity index (χ0n) is 12.0. The number of hydrogen-bond acceptors (Lipinski definition) is 3. The maximum absolute atomic E-state index is 5.73. The molecule has 0 aromatic heterocycles. The van der Waals surface area contributed by atoms with Crippen molar-refractivity contribution in [3.05, 3.63) is 35.9 Å². The van der Waals surface area contributed by atoms with Gasteiger partial charge in [-0.15, -0.1) is 0 Å². The Morgan fingerprint density at radius 2 is 2.16 bits per heavy atom. The van der Waals surface area contributed by atoms with Gasteiger partial charge < -0.3 is 10.1 Å². The summed E-state index contributed by atoms with van der Waals surface area (Å²) in [7, 11) is 0. The molecule has 1 unspecified atom stereocenters. The highest BCUT2D eigenvalue weighted by molar-refractivity contribution is 5.14. The molecule has 0 spiro atoms. The predicted molar refractivity (Wildman–Crippen MR) is 79.2 cm³/mol. The fraction of sp³-hybridized carbons (Fsp3) is 0.625. The van der Waals surface area contributed by atoms with Crippen LogP contribution in [-0.2, 0) is 11.3 Å². The number of hydrogen-bond donors (Lipinski definition) is 1. The van der Waals surface area contributed by atoms with Crippen molar-refractivity contribution in [2.24, 2.45) is 0 Å². The summed E-state index contributed by atoms with van der Waals surface area (Å²) in [6.45, 7) is 8.37. The Kier molecular flexibility index (Phi) is 6.34. The molecular weight excluding hydrogens is 236 g/mol. The van der Waals surface area contributed by atoms with Crippen molar-refractivity contribution in [2.75, 3.05) is 32.8 Å². The average Bonchev–Trinajstić information content (AvgIpc) is 2.46. The first-order valence-corrected chi connectivity index (χ1v) is 7.47. The molecular formula is C16H26N2O. The first kappa shape index (κ1) is 14.5. The quantitative estimate of drug-likeness (QED) is 0.763. The summed E-state index contributed by atoms with van der Waals surface area (Å²) in [5.41, 5.74) is 1.35. The molecule has 0 amide bonds. The van der Waals surface area contributed by atoms with Crippen LogP contribution in [0.2, 0.25) is 0 Å². The number of rotatable bonds is 7. The molecule has 1 aromatic rings. The third-order valence-electron chi connectivity index (χ3n) is 3.64. The molecule has 19 heavy (non-hydrogen) atoms. The average molecular weight is 262 g/mol. The van der Waals surface area contributed by atoms with Gasteiger partial charge in [-0.05, 0) is 31.9 Å². The third-order valence-corrected chi connectivity index (χ3v) is 3.64. The summed E-state index contributed by atoms with van der Waals surface area (Å²) >= 11 is 0. The molecule has 1 fully saturated rings. The van der Waals surface area contributed by atoms with Crippen molar-refractivity contribution >= 4 is 0 Å². The molecule has 2 rings (SSSR count). The van der Waals surface area contributed by atoms with Crippen molar-refractivity contribution in [2.45, 2.75) is 32.4 Å². The zero-order valence-corrected chi connectivity index (χ0v) is 12.0. The SMILES string of the molecule is CCOC1CCCN(CCNCc2ccccc2)C1. The van der Waals surface area contributed by atoms with Crippen LogP contribution in [0.4, 0.5) is 0 Å². The van der Waals surface area contributed by atoms with Crippen molar-refractivity contribution < 1.29 is 4.74 Å². The molecule has 1 aliphatic rings. The topological polar surface area (TPSA) is 24.5 Å². The number of piperidine rings is 1. The lowest BCUT2D eigenvalue weighted by Crippen LogP contribution is -2.42. The van der Waals surface area contributed by atoms with Gasteiger partial charge >= 0.3 is 0 Å². The van der Waals surface area contributed by atoms with Crippen LogP contribution < -0.4 is 5.32 Å². The number of ether oxygens (including phenoxy) is 1. The smallest absolute Gasteiger partial charge is 0.0702 e. The minimum atomic E-state index is 0.452. The van der Waals surface area contributed by atoms with E-state index >= 15 is 0 Å². The van der Waals surface area contributed by atoms with Gasteiger partial charge in [0.15, 0.2) is 0 Å². The summed E-state index contributed by atoms with van der Waals surface area (Å²) in [5, 5.41) is 3.51. The predicted octanol–water partition coefficient (Wildman–Crippen LogP) is 2.28. The molecule has 0 bridgehead atoms. The number of nitrogens with zero attached hydrogens (tertiary/aromatic N) is 1. The number of benzene rings is 1. The summed E-state index contributed by atoms with van der Waals surface area (Å²) in [5.74, 6) is 0. The molecule has 1 aromatic carbocycles. The Hall–Kier alpha value is -0.900. The van der Waals surface area contributed by atoms with Gasteiger partial charge in [0, 0.05) is 32.8 Å². The van der Waals surface area contributed by atoms with E-state index in [0.29, 0.717) is 6.10 Å². The second-order valence-electron chi connectivity index (χ2n) is 5.18. The largest absolute Gasteiger partial charge is 0.377 e. The third kappa shape index (κ3) is 5.31. The molecule has 106 valence electrons. The molecule has 0 radical (unpaired) electrons. The summed E-state index contributed by atoms with van der Waals surface area (Å²) in [4.78, 5) is 2.52. The van der Waals surface area contributed by atoms with Crippen LogP contribution in [0, 0.1) is 0 Å². The molecule has 1 saturated heterocycles. The molecule has 1 N–H and O–H groups in total. The van der Waals surface area contributed by atoms with Gasteiger partial charge in [-0.3, -0.25) is 4.90 Å². The van der Waals surface area contributed by atoms with Crippen LogP contribution in [-0.4, -0.2) is 43.8 Å². The summed E-state index contributed by atoms with van der Waals surface area (Å²) in [6.07, 6.45) is 2.94. The van der Waals surface area contributed by atoms with Crippen molar-refractivity contribution in [1.82, 2.24) is 10.2 Å². The lowest BCUT2D eigenvalue weighted by Gasteiger charge is -2.32. The monoisotopic (exact) mass is 262 g/mol. The van der Waals surface area contributed by atoms with Crippen molar-refractivity contribution in [3.63, 3.8) is 0 Å². The maximum atomic E-state index is 5.73. The van der Waals surface area contributed by atoms with Gasteiger partial charge in [0.1, 0.15) is 0 Å². The molecule has 1 aliphatic heterocycles. The first-order chi connectivity index (χ1) is 9.38. The number of likely N-dealkylation sites (tertiary alicyclic amines) is 1. The van der Waals surface area contributed by atoms with E-state index in [9.17, 15) is 0 Å². The van der Waals surface area contributed by atoms with Crippen LogP contribution in [0.25, 0.3) is 0 Å². The normalized spacial score (nSPS) is 20.6. The molecule has 1 heterocycles. The second kappa shape index (κ2) is 8.31. The Morgan fingerprint density at radius 3 is 2.95 bits per heavy atom. The van der Waals surface area contributed by atoms with E-state index in [1.54, 1.807) is 0 Å². The Labute approximate surface area is 116 Å². The maximum Gasteiger partial charge on any atom is 0.0702 e. The van der Waals surface area contributed by atoms with E-state index in [-0.39, 0.29) is 0 Å². The standard InChI is InChI=1S/C16H26N2O/c1-2-19-16-9-6-11-18(14-16)12-10-17-13-15-7-4-3-5-8-15/h3-5,7-8,16-17H,2,6,9-14H2,1H3. The van der Waals surface area contributed by atoms with Crippen LogP contribution in [0.15, 0.2) is 30.3 Å². The summed E-state index contributed by atoms with van der Waals surface area (Å²) < 4.78 is 5.73. The molecule has 3 heteroatoms. The highest BCUT2D eigenvalue weighted by Gasteiger charge is 2.19. The van der Waals surface area contributed by atoms with Gasteiger partial charge in [-0.25, -0.2) is 0 Å². The van der Waals surface area contributed by atoms with Gasteiger partial charge in [-0.1, -0.05) is 30.3 Å². The minimum absolute atomic E-state index is 0.452. The van der Waals surface area contributed by atoms with E-state index in [1.165, 1.54) is 24.9 Å². The highest BCUT2D eigenvalue weighted by Crippen LogP contribution is 2.12. The van der Waals surface area contributed by atoms with Gasteiger partial charge in [0.05, 0.1) is 6.10 Å². The van der Waals surface area contributed by atoms with E-state index in [1.807, 2.05) is 0 Å². The summed E-state index contributed by atoms with van der Waals surface area (Å²) in [6, 6.07) is 10.6. The van der Waals surface area contributed by atoms with Crippen LogP contribution in [0.1, 0.15) is 25.3 Å². The molecule has 3 nitrogen and oxygen atoms in total. The van der Waals surface area contributed by atoms with Crippen LogP contribution in [0.3, 0.4) is 0 Å². The fourth-order valence-corrected chi connectivity index (χ4v) is 2.65. The van der Waals surface area contributed by atoms with E-state index in [0.717, 1.165) is 32.8 Å². The molecule has 0 aliphatic carbocycles. The minimum Gasteiger partial charge on any atom is -0.377 e. The van der Waals surface area contributed by atoms with Crippen molar-refractivity contribution in [3.8, 4) is 0 Å². The van der Waals surface area contributed by atoms with Crippen molar-refractivity contribution in [1.29, 1.82) is 0 Å². The van der Waals surface area contributed by atoms with E-state index in [4.69, 9.17) is 4.74 Å². The molecule has 1 atom stereocenters. The van der Waals surface area contributed by atoms with Gasteiger partial charge in [0.25, 0.3) is 0 Å². The first-order valence-electron chi connectivity index (χ1n) is 7.47. The Bertz CT molecular complexity index is 340. The lowest BCUT2D eigenvalue weighted by molar-refractivity contribution is 0.00635. The zero-order chi connectivity index (χ0) is 13.3. The number of nitrogens with one attached hydrogen (secondary N) is 1. The van der Waals surface area contributed by atoms with Crippen LogP contribution >= 0.6 is 0 Å². The Balaban J connectivity index is 1.60. The van der Waals surface area contributed by atoms with Crippen LogP contribution in [0.5, 0.6) is 0 Å². The second-order valence-corrected chi connectivity index (χ2v) is 5.18. The molecule has 0 saturated carbocycles. The van der Waals surface area contributed by atoms with Gasteiger partial charge in [0.2, 0.25) is 0 Å². The van der Waals surface area contributed by atoms with E-state index < -0.39 is 0 Å². The Morgan fingerprint density at radius 1 is 1.32 bits per heavy atom.